The summed E-state index contributed by atoms with van der Waals surface area (Å²) in [7, 11) is 0. The van der Waals surface area contributed by atoms with Gasteiger partial charge in [0, 0.05) is 23.7 Å². The minimum atomic E-state index is -0.183. The summed E-state index contributed by atoms with van der Waals surface area (Å²) in [5, 5.41) is 9.42. The lowest BCUT2D eigenvalue weighted by atomic mass is 9.78. The Morgan fingerprint density at radius 1 is 1.35 bits per heavy atom. The molecule has 4 nitrogen and oxygen atoms in total. The minimum absolute atomic E-state index is 0.147. The molecule has 104 valence electrons. The number of aliphatic hydroxyl groups excluding tert-OH is 1. The Kier molecular flexibility index (Phi) is 3.40. The molecular weight excluding hydrogens is 252 g/mol. The predicted molar refractivity (Wildman–Crippen MR) is 76.7 cm³/mol. The summed E-state index contributed by atoms with van der Waals surface area (Å²) < 4.78 is 0. The van der Waals surface area contributed by atoms with Gasteiger partial charge in [0.25, 0.3) is 5.56 Å². The lowest BCUT2D eigenvalue weighted by molar-refractivity contribution is 0.278. The standard InChI is InChI=1S/C16H18N2O2/c1-10-14-8-12(11-4-6-17-7-5-11)2-3-13(14)15(9-19)16(20)18-10/h4-7,12,19H,2-3,8-9H2,1H3,(H,18,20). The highest BCUT2D eigenvalue weighted by atomic mass is 16.3. The number of H-pyrrole nitrogens is 1. The fourth-order valence-corrected chi connectivity index (χ4v) is 3.20. The van der Waals surface area contributed by atoms with E-state index in [-0.39, 0.29) is 12.2 Å². The number of aromatic nitrogens is 2. The average Bonchev–Trinajstić information content (AvgIpc) is 2.48. The zero-order chi connectivity index (χ0) is 14.1. The average molecular weight is 270 g/mol. The van der Waals surface area contributed by atoms with Crippen molar-refractivity contribution in [2.45, 2.75) is 38.7 Å². The zero-order valence-corrected chi connectivity index (χ0v) is 11.5. The van der Waals surface area contributed by atoms with Gasteiger partial charge >= 0.3 is 0 Å². The Hall–Kier alpha value is -1.94. The second-order valence-electron chi connectivity index (χ2n) is 5.39. The second-order valence-corrected chi connectivity index (χ2v) is 5.39. The van der Waals surface area contributed by atoms with Crippen LogP contribution in [0.15, 0.2) is 29.3 Å². The molecule has 1 atom stereocenters. The maximum absolute atomic E-state index is 11.9. The van der Waals surface area contributed by atoms with Gasteiger partial charge < -0.3 is 10.1 Å². The van der Waals surface area contributed by atoms with Crippen LogP contribution >= 0.6 is 0 Å². The number of rotatable bonds is 2. The van der Waals surface area contributed by atoms with E-state index in [1.54, 1.807) is 0 Å². The van der Waals surface area contributed by atoms with Gasteiger partial charge in [0.1, 0.15) is 0 Å². The summed E-state index contributed by atoms with van der Waals surface area (Å²) in [5.41, 5.74) is 4.87. The molecule has 2 aromatic heterocycles. The third-order valence-corrected chi connectivity index (χ3v) is 4.29. The molecule has 4 heteroatoms. The van der Waals surface area contributed by atoms with Crippen LogP contribution < -0.4 is 5.56 Å². The number of hydrogen-bond acceptors (Lipinski definition) is 3. The van der Waals surface area contributed by atoms with Crippen molar-refractivity contribution in [2.24, 2.45) is 0 Å². The van der Waals surface area contributed by atoms with E-state index in [2.05, 4.69) is 22.1 Å². The van der Waals surface area contributed by atoms with Crippen LogP contribution in [0.3, 0.4) is 0 Å². The summed E-state index contributed by atoms with van der Waals surface area (Å²) in [6.45, 7) is 1.76. The molecule has 1 aliphatic carbocycles. The fourth-order valence-electron chi connectivity index (χ4n) is 3.20. The highest BCUT2D eigenvalue weighted by Crippen LogP contribution is 2.34. The van der Waals surface area contributed by atoms with Gasteiger partial charge in [0.15, 0.2) is 0 Å². The monoisotopic (exact) mass is 270 g/mol. The van der Waals surface area contributed by atoms with E-state index < -0.39 is 0 Å². The molecule has 1 aliphatic rings. The molecule has 3 rings (SSSR count). The minimum Gasteiger partial charge on any atom is -0.391 e. The van der Waals surface area contributed by atoms with Crippen molar-refractivity contribution in [3.8, 4) is 0 Å². The molecule has 0 saturated heterocycles. The molecule has 0 amide bonds. The molecule has 1 unspecified atom stereocenters. The Morgan fingerprint density at radius 3 is 2.80 bits per heavy atom. The van der Waals surface area contributed by atoms with Crippen LogP contribution in [0.4, 0.5) is 0 Å². The predicted octanol–water partition coefficient (Wildman–Crippen LogP) is 1.84. The van der Waals surface area contributed by atoms with Gasteiger partial charge in [-0.25, -0.2) is 0 Å². The molecule has 0 fully saturated rings. The number of nitrogens with one attached hydrogen (secondary N) is 1. The number of fused-ring (bicyclic) bond motifs is 1. The first-order chi connectivity index (χ1) is 9.70. The number of nitrogens with zero attached hydrogens (tertiary/aromatic N) is 1. The van der Waals surface area contributed by atoms with Gasteiger partial charge in [-0.05, 0) is 60.9 Å². The van der Waals surface area contributed by atoms with Gasteiger partial charge in [-0.1, -0.05) is 0 Å². The third kappa shape index (κ3) is 2.16. The van der Waals surface area contributed by atoms with E-state index in [1.807, 2.05) is 19.3 Å². The van der Waals surface area contributed by atoms with Crippen LogP contribution in [0, 0.1) is 6.92 Å². The van der Waals surface area contributed by atoms with Crippen molar-refractivity contribution in [1.82, 2.24) is 9.97 Å². The number of pyridine rings is 2. The van der Waals surface area contributed by atoms with Crippen LogP contribution in [-0.4, -0.2) is 15.1 Å². The van der Waals surface area contributed by atoms with Crippen molar-refractivity contribution in [3.63, 3.8) is 0 Å². The molecule has 2 N–H and O–H groups in total. The Labute approximate surface area is 117 Å². The SMILES string of the molecule is Cc1[nH]c(=O)c(CO)c2c1CC(c1ccncc1)CC2. The van der Waals surface area contributed by atoms with Gasteiger partial charge in [-0.3, -0.25) is 9.78 Å². The zero-order valence-electron chi connectivity index (χ0n) is 11.5. The highest BCUT2D eigenvalue weighted by Gasteiger charge is 2.24. The first kappa shape index (κ1) is 13.1. The van der Waals surface area contributed by atoms with E-state index >= 15 is 0 Å². The summed E-state index contributed by atoms with van der Waals surface area (Å²) >= 11 is 0. The number of hydrogen-bond donors (Lipinski definition) is 2. The Bertz CT molecular complexity index is 677. The van der Waals surface area contributed by atoms with Crippen LogP contribution in [0.25, 0.3) is 0 Å². The van der Waals surface area contributed by atoms with E-state index in [9.17, 15) is 9.90 Å². The van der Waals surface area contributed by atoms with Gasteiger partial charge in [-0.15, -0.1) is 0 Å². The molecule has 0 spiro atoms. The molecule has 0 aliphatic heterocycles. The maximum atomic E-state index is 11.9. The lowest BCUT2D eigenvalue weighted by Gasteiger charge is -2.27. The number of aromatic amines is 1. The highest BCUT2D eigenvalue weighted by molar-refractivity contribution is 5.40. The molecule has 2 heterocycles. The van der Waals surface area contributed by atoms with Gasteiger partial charge in [0.05, 0.1) is 6.61 Å². The molecule has 0 saturated carbocycles. The first-order valence-electron chi connectivity index (χ1n) is 6.95. The molecule has 0 aromatic carbocycles. The quantitative estimate of drug-likeness (QED) is 0.875. The summed E-state index contributed by atoms with van der Waals surface area (Å²) in [6, 6.07) is 4.12. The summed E-state index contributed by atoms with van der Waals surface area (Å²) in [5.74, 6) is 0.460. The fraction of sp³-hybridized carbons (Fsp3) is 0.375. The van der Waals surface area contributed by atoms with Crippen LogP contribution in [-0.2, 0) is 19.4 Å². The second kappa shape index (κ2) is 5.21. The largest absolute Gasteiger partial charge is 0.391 e. The number of aryl methyl sites for hydroxylation is 1. The Balaban J connectivity index is 2.02. The third-order valence-electron chi connectivity index (χ3n) is 4.29. The van der Waals surface area contributed by atoms with Crippen molar-refractivity contribution in [2.75, 3.05) is 0 Å². The Morgan fingerprint density at radius 2 is 2.10 bits per heavy atom. The van der Waals surface area contributed by atoms with Crippen LogP contribution in [0.5, 0.6) is 0 Å². The van der Waals surface area contributed by atoms with Crippen LogP contribution in [0.1, 0.15) is 40.3 Å². The smallest absolute Gasteiger partial charge is 0.253 e. The topological polar surface area (TPSA) is 66.0 Å². The normalized spacial score (nSPS) is 17.8. The summed E-state index contributed by atoms with van der Waals surface area (Å²) in [4.78, 5) is 18.8. The molecule has 2 aromatic rings. The van der Waals surface area contributed by atoms with Gasteiger partial charge in [0.2, 0.25) is 0 Å². The van der Waals surface area contributed by atoms with E-state index in [4.69, 9.17) is 0 Å². The molecule has 0 radical (unpaired) electrons. The van der Waals surface area contributed by atoms with Crippen molar-refractivity contribution < 1.29 is 5.11 Å². The molecule has 20 heavy (non-hydrogen) atoms. The van der Waals surface area contributed by atoms with Crippen molar-refractivity contribution in [3.05, 3.63) is 62.8 Å². The molecular formula is C16H18N2O2. The van der Waals surface area contributed by atoms with E-state index in [0.717, 1.165) is 30.5 Å². The maximum Gasteiger partial charge on any atom is 0.253 e. The first-order valence-corrected chi connectivity index (χ1v) is 6.95. The lowest BCUT2D eigenvalue weighted by Crippen LogP contribution is -2.24. The van der Waals surface area contributed by atoms with E-state index in [0.29, 0.717) is 11.5 Å². The van der Waals surface area contributed by atoms with Crippen LogP contribution in [0.2, 0.25) is 0 Å². The van der Waals surface area contributed by atoms with Crippen molar-refractivity contribution in [1.29, 1.82) is 0 Å². The van der Waals surface area contributed by atoms with Gasteiger partial charge in [-0.2, -0.15) is 0 Å². The molecule has 0 bridgehead atoms. The summed E-state index contributed by atoms with van der Waals surface area (Å²) in [6.07, 6.45) is 6.41. The van der Waals surface area contributed by atoms with Crippen molar-refractivity contribution >= 4 is 0 Å². The van der Waals surface area contributed by atoms with E-state index in [1.165, 1.54) is 11.1 Å². The number of aliphatic hydroxyl groups is 1.